The molecule has 0 saturated carbocycles. The molecule has 0 atom stereocenters. The Hall–Kier alpha value is -2.07. The number of ether oxygens (including phenoxy) is 1. The van der Waals surface area contributed by atoms with E-state index in [4.69, 9.17) is 21.4 Å². The Labute approximate surface area is 114 Å². The van der Waals surface area contributed by atoms with Crippen molar-refractivity contribution in [3.63, 3.8) is 0 Å². The van der Waals surface area contributed by atoms with Crippen LogP contribution in [0.5, 0.6) is 11.5 Å². The van der Waals surface area contributed by atoms with E-state index >= 15 is 0 Å². The molecule has 5 heteroatoms. The second kappa shape index (κ2) is 5.28. The highest BCUT2D eigenvalue weighted by molar-refractivity contribution is 6.30. The second-order valence-corrected chi connectivity index (χ2v) is 4.40. The molecule has 0 aliphatic carbocycles. The molecule has 0 heterocycles. The summed E-state index contributed by atoms with van der Waals surface area (Å²) in [7, 11) is 0. The summed E-state index contributed by atoms with van der Waals surface area (Å²) in [5, 5.41) is 9.38. The van der Waals surface area contributed by atoms with E-state index in [0.717, 1.165) is 0 Å². The van der Waals surface area contributed by atoms with Crippen molar-refractivity contribution in [2.45, 2.75) is 6.92 Å². The fourth-order valence-corrected chi connectivity index (χ4v) is 1.68. The lowest BCUT2D eigenvalue weighted by Gasteiger charge is -2.09. The Morgan fingerprint density at radius 1 is 1.26 bits per heavy atom. The smallest absolute Gasteiger partial charge is 0.339 e. The van der Waals surface area contributed by atoms with Crippen molar-refractivity contribution >= 4 is 17.6 Å². The first kappa shape index (κ1) is 13.4. The number of aromatic carboxylic acids is 1. The summed E-state index contributed by atoms with van der Waals surface area (Å²) in [6.45, 7) is 1.63. The molecular weight excluding hydrogens is 271 g/mol. The largest absolute Gasteiger partial charge is 0.478 e. The van der Waals surface area contributed by atoms with Crippen LogP contribution >= 0.6 is 11.6 Å². The molecular formula is C14H10ClFO3. The van der Waals surface area contributed by atoms with Crippen molar-refractivity contribution in [1.29, 1.82) is 0 Å². The maximum Gasteiger partial charge on any atom is 0.339 e. The van der Waals surface area contributed by atoms with Crippen LogP contribution in [0, 0.1) is 12.7 Å². The zero-order chi connectivity index (χ0) is 14.0. The number of aryl methyl sites for hydroxylation is 1. The Morgan fingerprint density at radius 3 is 2.63 bits per heavy atom. The lowest BCUT2D eigenvalue weighted by Crippen LogP contribution is -2.00. The molecule has 2 rings (SSSR count). The van der Waals surface area contributed by atoms with Gasteiger partial charge in [-0.05, 0) is 30.7 Å². The Bertz CT molecular complexity index is 641. The predicted octanol–water partition coefficient (Wildman–Crippen LogP) is 4.28. The van der Waals surface area contributed by atoms with Gasteiger partial charge in [0.1, 0.15) is 22.9 Å². The first-order chi connectivity index (χ1) is 8.97. The topological polar surface area (TPSA) is 46.5 Å². The first-order valence-corrected chi connectivity index (χ1v) is 5.82. The zero-order valence-corrected chi connectivity index (χ0v) is 10.7. The molecule has 0 aromatic heterocycles. The minimum absolute atomic E-state index is 0.0367. The van der Waals surface area contributed by atoms with Gasteiger partial charge < -0.3 is 9.84 Å². The summed E-state index contributed by atoms with van der Waals surface area (Å²) in [5.41, 5.74) is 0.447. The van der Waals surface area contributed by atoms with Gasteiger partial charge in [-0.3, -0.25) is 0 Å². The monoisotopic (exact) mass is 280 g/mol. The maximum atomic E-state index is 13.4. The average molecular weight is 281 g/mol. The fourth-order valence-electron chi connectivity index (χ4n) is 1.52. The fraction of sp³-hybridized carbons (Fsp3) is 0.0714. The summed E-state index contributed by atoms with van der Waals surface area (Å²) in [4.78, 5) is 11.0. The molecule has 0 aliphatic rings. The molecule has 0 bridgehead atoms. The van der Waals surface area contributed by atoms with E-state index in [0.29, 0.717) is 10.6 Å². The number of rotatable bonds is 3. The third-order valence-electron chi connectivity index (χ3n) is 2.55. The maximum absolute atomic E-state index is 13.4. The number of carboxylic acid groups (broad SMARTS) is 1. The van der Waals surface area contributed by atoms with E-state index in [2.05, 4.69) is 0 Å². The van der Waals surface area contributed by atoms with E-state index in [9.17, 15) is 9.18 Å². The number of hydrogen-bond acceptors (Lipinski definition) is 2. The second-order valence-electron chi connectivity index (χ2n) is 3.96. The third kappa shape index (κ3) is 3.03. The van der Waals surface area contributed by atoms with Gasteiger partial charge in [0.2, 0.25) is 0 Å². The van der Waals surface area contributed by atoms with Crippen molar-refractivity contribution in [2.24, 2.45) is 0 Å². The number of carboxylic acids is 1. The highest BCUT2D eigenvalue weighted by Crippen LogP contribution is 2.29. The van der Waals surface area contributed by atoms with Crippen molar-refractivity contribution in [3.8, 4) is 11.5 Å². The molecule has 0 aliphatic heterocycles. The molecule has 0 fully saturated rings. The third-order valence-corrected chi connectivity index (χ3v) is 2.78. The van der Waals surface area contributed by atoms with Gasteiger partial charge >= 0.3 is 5.97 Å². The number of halogens is 2. The van der Waals surface area contributed by atoms with Gasteiger partial charge in [0.15, 0.2) is 0 Å². The summed E-state index contributed by atoms with van der Waals surface area (Å²) < 4.78 is 18.8. The molecule has 2 aromatic rings. The SMILES string of the molecule is Cc1ccc(Oc2cc(Cl)ccc2C(=O)O)cc1F. The van der Waals surface area contributed by atoms with Gasteiger partial charge in [0.25, 0.3) is 0 Å². The van der Waals surface area contributed by atoms with Crippen LogP contribution in [-0.2, 0) is 0 Å². The van der Waals surface area contributed by atoms with Crippen LogP contribution in [0.3, 0.4) is 0 Å². The van der Waals surface area contributed by atoms with E-state index in [1.54, 1.807) is 19.1 Å². The zero-order valence-electron chi connectivity index (χ0n) is 9.98. The van der Waals surface area contributed by atoms with Crippen molar-refractivity contribution in [1.82, 2.24) is 0 Å². The van der Waals surface area contributed by atoms with Gasteiger partial charge in [-0.1, -0.05) is 17.7 Å². The van der Waals surface area contributed by atoms with Crippen LogP contribution in [0.15, 0.2) is 36.4 Å². The Kier molecular flexibility index (Phi) is 3.71. The molecule has 0 unspecified atom stereocenters. The molecule has 0 saturated heterocycles. The first-order valence-electron chi connectivity index (χ1n) is 5.44. The van der Waals surface area contributed by atoms with Crippen LogP contribution in [0.2, 0.25) is 5.02 Å². The summed E-state index contributed by atoms with van der Waals surface area (Å²) in [6, 6.07) is 8.48. The minimum atomic E-state index is -1.14. The summed E-state index contributed by atoms with van der Waals surface area (Å²) in [6.07, 6.45) is 0. The van der Waals surface area contributed by atoms with Crippen LogP contribution in [0.1, 0.15) is 15.9 Å². The van der Waals surface area contributed by atoms with Crippen LogP contribution in [0.4, 0.5) is 4.39 Å². The van der Waals surface area contributed by atoms with Crippen LogP contribution < -0.4 is 4.74 Å². The quantitative estimate of drug-likeness (QED) is 0.913. The summed E-state index contributed by atoms with van der Waals surface area (Å²) in [5.74, 6) is -1.27. The van der Waals surface area contributed by atoms with E-state index in [1.165, 1.54) is 24.3 Å². The minimum Gasteiger partial charge on any atom is -0.478 e. The number of carbonyl (C=O) groups is 1. The Morgan fingerprint density at radius 2 is 2.00 bits per heavy atom. The van der Waals surface area contributed by atoms with Gasteiger partial charge in [-0.2, -0.15) is 0 Å². The highest BCUT2D eigenvalue weighted by Gasteiger charge is 2.13. The average Bonchev–Trinajstić information content (AvgIpc) is 2.33. The molecule has 3 nitrogen and oxygen atoms in total. The molecule has 2 aromatic carbocycles. The predicted molar refractivity (Wildman–Crippen MR) is 69.6 cm³/mol. The standard InChI is InChI=1S/C14H10ClFO3/c1-8-2-4-10(7-12(8)16)19-13-6-9(15)3-5-11(13)14(17)18/h2-7H,1H3,(H,17,18). The van der Waals surface area contributed by atoms with Crippen LogP contribution in [-0.4, -0.2) is 11.1 Å². The number of benzene rings is 2. The molecule has 98 valence electrons. The van der Waals surface area contributed by atoms with Gasteiger partial charge in [0.05, 0.1) is 0 Å². The van der Waals surface area contributed by atoms with E-state index in [1.807, 2.05) is 0 Å². The van der Waals surface area contributed by atoms with Crippen LogP contribution in [0.25, 0.3) is 0 Å². The molecule has 1 N–H and O–H groups in total. The lowest BCUT2D eigenvalue weighted by atomic mass is 10.2. The van der Waals surface area contributed by atoms with E-state index < -0.39 is 11.8 Å². The van der Waals surface area contributed by atoms with Crippen molar-refractivity contribution < 1.29 is 19.0 Å². The van der Waals surface area contributed by atoms with E-state index in [-0.39, 0.29) is 17.1 Å². The van der Waals surface area contributed by atoms with Crippen molar-refractivity contribution in [3.05, 3.63) is 58.4 Å². The molecule has 0 radical (unpaired) electrons. The number of hydrogen-bond donors (Lipinski definition) is 1. The molecule has 0 amide bonds. The highest BCUT2D eigenvalue weighted by atomic mass is 35.5. The Balaban J connectivity index is 2.39. The van der Waals surface area contributed by atoms with Crippen molar-refractivity contribution in [2.75, 3.05) is 0 Å². The van der Waals surface area contributed by atoms with Gasteiger partial charge in [0, 0.05) is 17.2 Å². The lowest BCUT2D eigenvalue weighted by molar-refractivity contribution is 0.0694. The normalized spacial score (nSPS) is 10.3. The van der Waals surface area contributed by atoms with Gasteiger partial charge in [-0.15, -0.1) is 0 Å². The summed E-state index contributed by atoms with van der Waals surface area (Å²) >= 11 is 5.80. The van der Waals surface area contributed by atoms with Gasteiger partial charge in [-0.25, -0.2) is 9.18 Å². The molecule has 19 heavy (non-hydrogen) atoms. The molecule has 0 spiro atoms.